The van der Waals surface area contributed by atoms with Crippen molar-refractivity contribution in [1.82, 2.24) is 0 Å². The molecule has 1 fully saturated rings. The molecule has 2 rings (SSSR count). The van der Waals surface area contributed by atoms with Gasteiger partial charge >= 0.3 is 0 Å². The van der Waals surface area contributed by atoms with Crippen molar-refractivity contribution in [2.45, 2.75) is 38.7 Å². The number of nitrogens with two attached hydrogens (primary N) is 1. The number of aliphatic hydroxyl groups excluding tert-OH is 1. The van der Waals surface area contributed by atoms with Gasteiger partial charge in [0.05, 0.1) is 12.7 Å². The Kier molecular flexibility index (Phi) is 3.83. The van der Waals surface area contributed by atoms with E-state index in [0.717, 1.165) is 11.3 Å². The summed E-state index contributed by atoms with van der Waals surface area (Å²) in [5.74, 6) is 0. The Morgan fingerprint density at radius 1 is 1.50 bits per heavy atom. The maximum Gasteiger partial charge on any atom is 0.0973 e. The van der Waals surface area contributed by atoms with Crippen LogP contribution in [0, 0.1) is 5.41 Å². The highest BCUT2D eigenvalue weighted by Gasteiger charge is 2.42. The van der Waals surface area contributed by atoms with E-state index in [9.17, 15) is 5.11 Å². The summed E-state index contributed by atoms with van der Waals surface area (Å²) in [6.45, 7) is 8.29. The summed E-state index contributed by atoms with van der Waals surface area (Å²) in [6.07, 6.45) is 0.332. The van der Waals surface area contributed by atoms with Gasteiger partial charge < -0.3 is 15.6 Å². The fourth-order valence-corrected chi connectivity index (χ4v) is 3.51. The standard InChI is InChI=1S/C14H23NO2S/c1-13(2,3)11-5-4-10(18-11)12(16)14(8-15)6-7-17-9-14/h4-5,12,16H,6-9,15H2,1-3H3. The van der Waals surface area contributed by atoms with E-state index in [4.69, 9.17) is 10.5 Å². The molecule has 102 valence electrons. The second kappa shape index (κ2) is 4.93. The Morgan fingerprint density at radius 2 is 2.22 bits per heavy atom. The van der Waals surface area contributed by atoms with Crippen LogP contribution in [0.15, 0.2) is 12.1 Å². The highest BCUT2D eigenvalue weighted by molar-refractivity contribution is 7.12. The first-order valence-electron chi connectivity index (χ1n) is 6.45. The van der Waals surface area contributed by atoms with Crippen molar-refractivity contribution in [3.63, 3.8) is 0 Å². The fraction of sp³-hybridized carbons (Fsp3) is 0.714. The highest BCUT2D eigenvalue weighted by Crippen LogP contribution is 2.43. The first kappa shape index (κ1) is 14.0. The third kappa shape index (κ3) is 2.48. The first-order chi connectivity index (χ1) is 8.39. The van der Waals surface area contributed by atoms with Gasteiger partial charge in [0.1, 0.15) is 0 Å². The first-order valence-corrected chi connectivity index (χ1v) is 7.27. The molecule has 18 heavy (non-hydrogen) atoms. The third-order valence-corrected chi connectivity index (χ3v) is 5.32. The predicted molar refractivity (Wildman–Crippen MR) is 74.9 cm³/mol. The number of rotatable bonds is 3. The van der Waals surface area contributed by atoms with Crippen molar-refractivity contribution in [1.29, 1.82) is 0 Å². The van der Waals surface area contributed by atoms with Crippen LogP contribution in [0.5, 0.6) is 0 Å². The molecule has 4 heteroatoms. The molecule has 0 aromatic carbocycles. The van der Waals surface area contributed by atoms with Crippen LogP contribution < -0.4 is 5.73 Å². The number of thiophene rings is 1. The average Bonchev–Trinajstić information content (AvgIpc) is 2.97. The molecule has 1 aromatic heterocycles. The summed E-state index contributed by atoms with van der Waals surface area (Å²) in [4.78, 5) is 2.30. The molecular weight excluding hydrogens is 246 g/mol. The van der Waals surface area contributed by atoms with Crippen LogP contribution in [0.25, 0.3) is 0 Å². The van der Waals surface area contributed by atoms with Gasteiger partial charge in [-0.05, 0) is 24.0 Å². The number of aliphatic hydroxyl groups is 1. The normalized spacial score (nSPS) is 26.5. The Bertz CT molecular complexity index is 402. The van der Waals surface area contributed by atoms with Gasteiger partial charge in [-0.15, -0.1) is 11.3 Å². The molecule has 2 heterocycles. The van der Waals surface area contributed by atoms with Crippen LogP contribution in [0.4, 0.5) is 0 Å². The molecule has 2 unspecified atom stereocenters. The van der Waals surface area contributed by atoms with Gasteiger partial charge in [-0.3, -0.25) is 0 Å². The maximum atomic E-state index is 10.6. The van der Waals surface area contributed by atoms with Crippen LogP contribution in [-0.2, 0) is 10.2 Å². The zero-order valence-electron chi connectivity index (χ0n) is 11.4. The Labute approximate surface area is 113 Å². The van der Waals surface area contributed by atoms with E-state index >= 15 is 0 Å². The van der Waals surface area contributed by atoms with Gasteiger partial charge in [-0.25, -0.2) is 0 Å². The molecule has 3 nitrogen and oxygen atoms in total. The number of hydrogen-bond acceptors (Lipinski definition) is 4. The van der Waals surface area contributed by atoms with Crippen LogP contribution in [-0.4, -0.2) is 24.9 Å². The molecule has 0 saturated carbocycles. The molecule has 1 saturated heterocycles. The Hall–Kier alpha value is -0.420. The monoisotopic (exact) mass is 269 g/mol. The average molecular weight is 269 g/mol. The van der Waals surface area contributed by atoms with Crippen molar-refractivity contribution >= 4 is 11.3 Å². The van der Waals surface area contributed by atoms with Gasteiger partial charge in [0.2, 0.25) is 0 Å². The minimum absolute atomic E-state index is 0.130. The van der Waals surface area contributed by atoms with E-state index in [2.05, 4.69) is 26.8 Å². The molecular formula is C14H23NO2S. The van der Waals surface area contributed by atoms with Crippen molar-refractivity contribution in [3.8, 4) is 0 Å². The largest absolute Gasteiger partial charge is 0.387 e. The topological polar surface area (TPSA) is 55.5 Å². The van der Waals surface area contributed by atoms with Crippen molar-refractivity contribution in [2.24, 2.45) is 11.1 Å². The second-order valence-corrected chi connectivity index (χ2v) is 7.34. The quantitative estimate of drug-likeness (QED) is 0.886. The summed E-state index contributed by atoms with van der Waals surface area (Å²) in [6, 6.07) is 4.15. The van der Waals surface area contributed by atoms with E-state index in [1.807, 2.05) is 6.07 Å². The smallest absolute Gasteiger partial charge is 0.0973 e. The highest BCUT2D eigenvalue weighted by atomic mass is 32.1. The van der Waals surface area contributed by atoms with E-state index in [1.165, 1.54) is 4.88 Å². The molecule has 0 radical (unpaired) electrons. The Balaban J connectivity index is 2.23. The van der Waals surface area contributed by atoms with Crippen LogP contribution in [0.2, 0.25) is 0 Å². The molecule has 1 aromatic rings. The van der Waals surface area contributed by atoms with E-state index in [0.29, 0.717) is 19.8 Å². The van der Waals surface area contributed by atoms with E-state index < -0.39 is 6.10 Å². The zero-order valence-corrected chi connectivity index (χ0v) is 12.2. The van der Waals surface area contributed by atoms with Crippen LogP contribution >= 0.6 is 11.3 Å². The minimum Gasteiger partial charge on any atom is -0.387 e. The van der Waals surface area contributed by atoms with Crippen molar-refractivity contribution in [3.05, 3.63) is 21.9 Å². The maximum absolute atomic E-state index is 10.6. The molecule has 0 aliphatic carbocycles. The summed E-state index contributed by atoms with van der Waals surface area (Å²) in [5.41, 5.74) is 5.70. The van der Waals surface area contributed by atoms with Crippen LogP contribution in [0.1, 0.15) is 43.1 Å². The Morgan fingerprint density at radius 3 is 2.67 bits per heavy atom. The zero-order chi connectivity index (χ0) is 13.4. The lowest BCUT2D eigenvalue weighted by atomic mass is 9.80. The molecule has 0 amide bonds. The summed E-state index contributed by atoms with van der Waals surface area (Å²) in [5, 5.41) is 10.6. The lowest BCUT2D eigenvalue weighted by Crippen LogP contribution is -2.37. The van der Waals surface area contributed by atoms with Gasteiger partial charge in [-0.2, -0.15) is 0 Å². The van der Waals surface area contributed by atoms with Gasteiger partial charge in [0, 0.05) is 28.3 Å². The fourth-order valence-electron chi connectivity index (χ4n) is 2.32. The van der Waals surface area contributed by atoms with Crippen molar-refractivity contribution < 1.29 is 9.84 Å². The van der Waals surface area contributed by atoms with Crippen LogP contribution in [0.3, 0.4) is 0 Å². The number of hydrogen-bond donors (Lipinski definition) is 2. The summed E-state index contributed by atoms with van der Waals surface area (Å²) >= 11 is 1.69. The summed E-state index contributed by atoms with van der Waals surface area (Å²) in [7, 11) is 0. The van der Waals surface area contributed by atoms with Crippen molar-refractivity contribution in [2.75, 3.05) is 19.8 Å². The van der Waals surface area contributed by atoms with Gasteiger partial charge in [-0.1, -0.05) is 20.8 Å². The molecule has 1 aliphatic heterocycles. The van der Waals surface area contributed by atoms with Gasteiger partial charge in [0.25, 0.3) is 0 Å². The van der Waals surface area contributed by atoms with E-state index in [1.54, 1.807) is 11.3 Å². The lowest BCUT2D eigenvalue weighted by Gasteiger charge is -2.30. The molecule has 0 spiro atoms. The molecule has 1 aliphatic rings. The van der Waals surface area contributed by atoms with E-state index in [-0.39, 0.29) is 10.8 Å². The number of ether oxygens (including phenoxy) is 1. The SMILES string of the molecule is CC(C)(C)c1ccc(C(O)C2(CN)CCOC2)s1. The summed E-state index contributed by atoms with van der Waals surface area (Å²) < 4.78 is 5.43. The molecule has 3 N–H and O–H groups in total. The second-order valence-electron chi connectivity index (χ2n) is 6.22. The minimum atomic E-state index is -0.508. The third-order valence-electron chi connectivity index (χ3n) is 3.76. The molecule has 0 bridgehead atoms. The predicted octanol–water partition coefficient (Wildman–Crippen LogP) is 2.44. The lowest BCUT2D eigenvalue weighted by molar-refractivity contribution is 0.0215. The molecule has 2 atom stereocenters. The van der Waals surface area contributed by atoms with Gasteiger partial charge in [0.15, 0.2) is 0 Å².